The highest BCUT2D eigenvalue weighted by Crippen LogP contribution is 2.61. The summed E-state index contributed by atoms with van der Waals surface area (Å²) >= 11 is 0. The van der Waals surface area contributed by atoms with Gasteiger partial charge in [-0.05, 0) is 70.9 Å². The third-order valence-electron chi connectivity index (χ3n) is 7.99. The average Bonchev–Trinajstić information content (AvgIpc) is 2.87. The predicted octanol–water partition coefficient (Wildman–Crippen LogP) is 2.59. The number of anilines is 1. The second kappa shape index (κ2) is 7.31. The van der Waals surface area contributed by atoms with Crippen LogP contribution in [0.25, 0.3) is 0 Å². The molecule has 6 heteroatoms. The highest BCUT2D eigenvalue weighted by atomic mass is 16.1. The van der Waals surface area contributed by atoms with Crippen LogP contribution in [0.5, 0.6) is 0 Å². The summed E-state index contributed by atoms with van der Waals surface area (Å²) in [4.78, 5) is 28.3. The monoisotopic (exact) mass is 397 g/mol. The van der Waals surface area contributed by atoms with Gasteiger partial charge in [-0.2, -0.15) is 0 Å². The van der Waals surface area contributed by atoms with Gasteiger partial charge in [-0.3, -0.25) is 4.79 Å². The number of fused-ring (bicyclic) bond motifs is 2. The van der Waals surface area contributed by atoms with Gasteiger partial charge in [0.25, 0.3) is 0 Å². The van der Waals surface area contributed by atoms with E-state index in [9.17, 15) is 4.79 Å². The first-order chi connectivity index (χ1) is 13.9. The van der Waals surface area contributed by atoms with E-state index >= 15 is 0 Å². The van der Waals surface area contributed by atoms with Crippen molar-refractivity contribution in [1.29, 1.82) is 0 Å². The number of ketones is 1. The number of carbonyl (C=O) groups excluding carboxylic acids is 1. The summed E-state index contributed by atoms with van der Waals surface area (Å²) in [5, 5.41) is 0. The zero-order valence-corrected chi connectivity index (χ0v) is 18.2. The van der Waals surface area contributed by atoms with Crippen molar-refractivity contribution in [3.63, 3.8) is 0 Å². The second-order valence-electron chi connectivity index (χ2n) is 10.6. The molecule has 0 aromatic carbocycles. The summed E-state index contributed by atoms with van der Waals surface area (Å²) in [5.41, 5.74) is 1.72. The number of nitrogens with zero attached hydrogens (tertiary/aromatic N) is 5. The van der Waals surface area contributed by atoms with Crippen LogP contribution in [0.4, 0.5) is 5.95 Å². The van der Waals surface area contributed by atoms with Gasteiger partial charge in [0.15, 0.2) is 0 Å². The summed E-state index contributed by atoms with van der Waals surface area (Å²) in [6.45, 7) is 6.05. The van der Waals surface area contributed by atoms with Gasteiger partial charge < -0.3 is 14.7 Å². The van der Waals surface area contributed by atoms with Crippen LogP contribution >= 0.6 is 0 Å². The van der Waals surface area contributed by atoms with Gasteiger partial charge >= 0.3 is 0 Å². The molecule has 2 aliphatic heterocycles. The van der Waals surface area contributed by atoms with E-state index in [1.54, 1.807) is 6.92 Å². The Balaban J connectivity index is 1.10. The topological polar surface area (TPSA) is 52.6 Å². The van der Waals surface area contributed by atoms with Crippen LogP contribution in [0, 0.1) is 17.3 Å². The molecule has 2 saturated heterocycles. The highest BCUT2D eigenvalue weighted by Gasteiger charge is 2.53. The fraction of sp³-hybridized carbons (Fsp3) is 0.783. The minimum absolute atomic E-state index is 0.361. The van der Waals surface area contributed by atoms with Gasteiger partial charge in [0.1, 0.15) is 5.78 Å². The molecule has 2 aliphatic carbocycles. The number of rotatable bonds is 6. The molecule has 0 radical (unpaired) electrons. The SMILES string of the molecule is CC(=O)[C@H]1CC2(C[C@H](CN(C)Cc3cnc(N4C5CCC4CN(C)C5)nc3)C2)C1. The lowest BCUT2D eigenvalue weighted by Crippen LogP contribution is -2.53. The average molecular weight is 398 g/mol. The van der Waals surface area contributed by atoms with Crippen LogP contribution in [0.1, 0.15) is 51.0 Å². The number of likely N-dealkylation sites (N-methyl/N-ethyl adjacent to an activating group) is 1. The largest absolute Gasteiger partial charge is 0.332 e. The number of Topliss-reactive ketones (excluding diaryl/α,β-unsaturated/α-hetero) is 1. The van der Waals surface area contributed by atoms with Crippen molar-refractivity contribution in [3.05, 3.63) is 18.0 Å². The Morgan fingerprint density at radius 2 is 1.76 bits per heavy atom. The highest BCUT2D eigenvalue weighted by molar-refractivity contribution is 5.79. The Hall–Kier alpha value is -1.53. The number of hydrogen-bond acceptors (Lipinski definition) is 6. The van der Waals surface area contributed by atoms with E-state index < -0.39 is 0 Å². The minimum atomic E-state index is 0.361. The molecule has 1 aromatic rings. The maximum Gasteiger partial charge on any atom is 0.225 e. The summed E-state index contributed by atoms with van der Waals surface area (Å²) < 4.78 is 0. The first-order valence-electron chi connectivity index (χ1n) is 11.4. The molecule has 0 amide bonds. The minimum Gasteiger partial charge on any atom is -0.332 e. The van der Waals surface area contributed by atoms with Crippen molar-refractivity contribution >= 4 is 11.7 Å². The quantitative estimate of drug-likeness (QED) is 0.735. The van der Waals surface area contributed by atoms with Crippen LogP contribution in [0.15, 0.2) is 12.4 Å². The van der Waals surface area contributed by atoms with E-state index in [-0.39, 0.29) is 0 Å². The lowest BCUT2D eigenvalue weighted by molar-refractivity contribution is -0.137. The van der Waals surface area contributed by atoms with Crippen molar-refractivity contribution in [3.8, 4) is 0 Å². The molecule has 2 bridgehead atoms. The Bertz CT molecular complexity index is 737. The molecule has 6 nitrogen and oxygen atoms in total. The first kappa shape index (κ1) is 19.4. The molecule has 2 unspecified atom stereocenters. The number of likely N-dealkylation sites (tertiary alicyclic amines) is 1. The molecule has 2 saturated carbocycles. The van der Waals surface area contributed by atoms with Gasteiger partial charge in [-0.15, -0.1) is 0 Å². The Morgan fingerprint density at radius 1 is 1.14 bits per heavy atom. The summed E-state index contributed by atoms with van der Waals surface area (Å²) in [6, 6.07) is 1.15. The third-order valence-corrected chi connectivity index (χ3v) is 7.99. The second-order valence-corrected chi connectivity index (χ2v) is 10.6. The van der Waals surface area contributed by atoms with Gasteiger partial charge in [0, 0.05) is 62.1 Å². The Labute approximate surface area is 174 Å². The van der Waals surface area contributed by atoms with Crippen LogP contribution in [0.2, 0.25) is 0 Å². The number of piperazine rings is 1. The Kier molecular flexibility index (Phi) is 4.90. The van der Waals surface area contributed by atoms with E-state index in [0.717, 1.165) is 50.9 Å². The van der Waals surface area contributed by atoms with Gasteiger partial charge in [-0.25, -0.2) is 9.97 Å². The molecule has 1 spiro atoms. The molecule has 0 N–H and O–H groups in total. The van der Waals surface area contributed by atoms with E-state index in [4.69, 9.17) is 9.97 Å². The molecule has 4 aliphatic rings. The van der Waals surface area contributed by atoms with Crippen molar-refractivity contribution in [2.24, 2.45) is 17.3 Å². The smallest absolute Gasteiger partial charge is 0.225 e. The van der Waals surface area contributed by atoms with Gasteiger partial charge in [0.05, 0.1) is 0 Å². The van der Waals surface area contributed by atoms with E-state index in [1.807, 2.05) is 12.4 Å². The summed E-state index contributed by atoms with van der Waals surface area (Å²) in [7, 11) is 4.43. The predicted molar refractivity (Wildman–Crippen MR) is 114 cm³/mol. The molecule has 4 fully saturated rings. The van der Waals surface area contributed by atoms with Crippen molar-refractivity contribution in [1.82, 2.24) is 19.8 Å². The van der Waals surface area contributed by atoms with Crippen molar-refractivity contribution in [2.45, 2.75) is 64.1 Å². The third kappa shape index (κ3) is 3.70. The van der Waals surface area contributed by atoms with E-state index in [0.29, 0.717) is 29.2 Å². The van der Waals surface area contributed by atoms with E-state index in [2.05, 4.69) is 28.8 Å². The molecular weight excluding hydrogens is 362 g/mol. The fourth-order valence-electron chi connectivity index (χ4n) is 6.72. The maximum absolute atomic E-state index is 11.5. The van der Waals surface area contributed by atoms with Crippen molar-refractivity contribution < 1.29 is 4.79 Å². The van der Waals surface area contributed by atoms with Crippen LogP contribution in [0.3, 0.4) is 0 Å². The fourth-order valence-corrected chi connectivity index (χ4v) is 6.72. The van der Waals surface area contributed by atoms with Crippen LogP contribution in [-0.2, 0) is 11.3 Å². The molecule has 3 heterocycles. The first-order valence-corrected chi connectivity index (χ1v) is 11.4. The van der Waals surface area contributed by atoms with E-state index in [1.165, 1.54) is 31.2 Å². The van der Waals surface area contributed by atoms with Gasteiger partial charge in [-0.1, -0.05) is 0 Å². The lowest BCUT2D eigenvalue weighted by Gasteiger charge is -2.58. The standard InChI is InChI=1S/C23H35N5O/c1-16(29)19-8-23(9-19)6-17(7-23)12-26(2)13-18-10-24-22(25-11-18)28-20-4-5-21(28)15-27(3)14-20/h10-11,17,19-21H,4-9,12-15H2,1-3H3/t17-,19-,20?,21?,23?. The number of hydrogen-bond donors (Lipinski definition) is 0. The summed E-state index contributed by atoms with van der Waals surface area (Å²) in [6.07, 6.45) is 11.5. The van der Waals surface area contributed by atoms with Gasteiger partial charge in [0.2, 0.25) is 5.95 Å². The lowest BCUT2D eigenvalue weighted by atomic mass is 9.47. The Morgan fingerprint density at radius 3 is 2.34 bits per heavy atom. The van der Waals surface area contributed by atoms with Crippen LogP contribution < -0.4 is 4.90 Å². The normalized spacial score (nSPS) is 36.3. The maximum atomic E-state index is 11.5. The molecule has 1 aromatic heterocycles. The molecule has 29 heavy (non-hydrogen) atoms. The van der Waals surface area contributed by atoms with Crippen LogP contribution in [-0.4, -0.2) is 71.4 Å². The summed E-state index contributed by atoms with van der Waals surface area (Å²) in [5.74, 6) is 2.46. The molecule has 5 rings (SSSR count). The number of carbonyl (C=O) groups is 1. The molecular formula is C23H35N5O. The zero-order valence-electron chi connectivity index (χ0n) is 18.2. The van der Waals surface area contributed by atoms with Crippen molar-refractivity contribution in [2.75, 3.05) is 38.6 Å². The number of aromatic nitrogens is 2. The molecule has 158 valence electrons. The zero-order chi connectivity index (χ0) is 20.2. The molecule has 2 atom stereocenters.